The Morgan fingerprint density at radius 1 is 1.26 bits per heavy atom. The van der Waals surface area contributed by atoms with Crippen LogP contribution in [0.25, 0.3) is 0 Å². The molecular weight excluding hydrogens is 236 g/mol. The summed E-state index contributed by atoms with van der Waals surface area (Å²) in [5.74, 6) is 0.581. The lowest BCUT2D eigenvalue weighted by Gasteiger charge is -2.24. The molecule has 1 rings (SSSR count). The van der Waals surface area contributed by atoms with Crippen LogP contribution >= 0.6 is 0 Å². The maximum Gasteiger partial charge on any atom is 0.227 e. The molecule has 0 spiro atoms. The fourth-order valence-electron chi connectivity index (χ4n) is 2.22. The van der Waals surface area contributed by atoms with E-state index < -0.39 is 0 Å². The molecule has 2 N–H and O–H groups in total. The standard InChI is InChI=1S/C16H26N2O/c1-12(2)9-15(10-17)16(19)18(4)11-14-7-5-13(3)6-8-14/h5-8,12,15H,9-11,17H2,1-4H3. The number of nitrogens with zero attached hydrogens (tertiary/aromatic N) is 1. The molecule has 3 nitrogen and oxygen atoms in total. The summed E-state index contributed by atoms with van der Waals surface area (Å²) in [6, 6.07) is 8.28. The fourth-order valence-corrected chi connectivity index (χ4v) is 2.22. The second-order valence-corrected chi connectivity index (χ2v) is 5.74. The van der Waals surface area contributed by atoms with Gasteiger partial charge < -0.3 is 10.6 Å². The Labute approximate surface area is 116 Å². The molecule has 3 heteroatoms. The zero-order valence-electron chi connectivity index (χ0n) is 12.5. The van der Waals surface area contributed by atoms with Crippen LogP contribution < -0.4 is 5.73 Å². The van der Waals surface area contributed by atoms with E-state index in [4.69, 9.17) is 5.73 Å². The molecule has 1 aromatic rings. The number of carbonyl (C=O) groups is 1. The van der Waals surface area contributed by atoms with Gasteiger partial charge in [0.15, 0.2) is 0 Å². The first-order valence-electron chi connectivity index (χ1n) is 6.94. The average Bonchev–Trinajstić information content (AvgIpc) is 2.37. The lowest BCUT2D eigenvalue weighted by Crippen LogP contribution is -2.36. The van der Waals surface area contributed by atoms with Gasteiger partial charge in [-0.1, -0.05) is 43.7 Å². The van der Waals surface area contributed by atoms with Gasteiger partial charge in [0.05, 0.1) is 5.92 Å². The molecule has 106 valence electrons. The molecule has 0 saturated heterocycles. The van der Waals surface area contributed by atoms with Crippen molar-refractivity contribution in [2.45, 2.75) is 33.7 Å². The van der Waals surface area contributed by atoms with Gasteiger partial charge in [0.2, 0.25) is 5.91 Å². The van der Waals surface area contributed by atoms with Gasteiger partial charge in [-0.3, -0.25) is 4.79 Å². The third-order valence-corrected chi connectivity index (χ3v) is 3.31. The predicted octanol–water partition coefficient (Wildman–Crippen LogP) is 2.57. The lowest BCUT2D eigenvalue weighted by atomic mass is 9.96. The minimum Gasteiger partial charge on any atom is -0.341 e. The summed E-state index contributed by atoms with van der Waals surface area (Å²) in [6.45, 7) is 7.38. The maximum absolute atomic E-state index is 12.3. The molecule has 0 heterocycles. The van der Waals surface area contributed by atoms with Crippen LogP contribution in [0.2, 0.25) is 0 Å². The molecule has 0 aromatic heterocycles. The van der Waals surface area contributed by atoms with Crippen molar-refractivity contribution < 1.29 is 4.79 Å². The van der Waals surface area contributed by atoms with Gasteiger partial charge in [-0.15, -0.1) is 0 Å². The number of rotatable bonds is 6. The van der Waals surface area contributed by atoms with Gasteiger partial charge in [-0.2, -0.15) is 0 Å². The van der Waals surface area contributed by atoms with Crippen LogP contribution in [0.3, 0.4) is 0 Å². The smallest absolute Gasteiger partial charge is 0.227 e. The van der Waals surface area contributed by atoms with Crippen LogP contribution in [0.15, 0.2) is 24.3 Å². The van der Waals surface area contributed by atoms with Crippen LogP contribution in [0.5, 0.6) is 0 Å². The highest BCUT2D eigenvalue weighted by atomic mass is 16.2. The molecule has 1 atom stereocenters. The van der Waals surface area contributed by atoms with E-state index in [9.17, 15) is 4.79 Å². The van der Waals surface area contributed by atoms with E-state index in [1.807, 2.05) is 7.05 Å². The number of nitrogens with two attached hydrogens (primary N) is 1. The third-order valence-electron chi connectivity index (χ3n) is 3.31. The largest absolute Gasteiger partial charge is 0.341 e. The predicted molar refractivity (Wildman–Crippen MR) is 79.7 cm³/mol. The molecule has 0 saturated carbocycles. The summed E-state index contributed by atoms with van der Waals surface area (Å²) in [7, 11) is 1.85. The monoisotopic (exact) mass is 262 g/mol. The molecule has 1 aromatic carbocycles. The van der Waals surface area contributed by atoms with E-state index in [1.54, 1.807) is 4.90 Å². The second-order valence-electron chi connectivity index (χ2n) is 5.74. The SMILES string of the molecule is Cc1ccc(CN(C)C(=O)C(CN)CC(C)C)cc1. The zero-order chi connectivity index (χ0) is 14.4. The Kier molecular flexibility index (Phi) is 6.03. The van der Waals surface area contributed by atoms with Gasteiger partial charge in [0.25, 0.3) is 0 Å². The average molecular weight is 262 g/mol. The van der Waals surface area contributed by atoms with Crippen molar-refractivity contribution >= 4 is 5.91 Å². The van der Waals surface area contributed by atoms with Crippen LogP contribution in [-0.4, -0.2) is 24.4 Å². The van der Waals surface area contributed by atoms with Gasteiger partial charge in [0, 0.05) is 20.1 Å². The number of hydrogen-bond acceptors (Lipinski definition) is 2. The Morgan fingerprint density at radius 2 is 1.84 bits per heavy atom. The normalized spacial score (nSPS) is 12.5. The van der Waals surface area contributed by atoms with E-state index in [2.05, 4.69) is 45.0 Å². The van der Waals surface area contributed by atoms with Crippen molar-refractivity contribution in [1.29, 1.82) is 0 Å². The summed E-state index contributed by atoms with van der Waals surface area (Å²) in [6.07, 6.45) is 0.855. The van der Waals surface area contributed by atoms with Crippen LogP contribution in [0.1, 0.15) is 31.4 Å². The molecule has 1 amide bonds. The molecule has 0 aliphatic heterocycles. The Bertz CT molecular complexity index is 398. The van der Waals surface area contributed by atoms with E-state index in [1.165, 1.54) is 5.56 Å². The molecule has 0 aliphatic rings. The van der Waals surface area contributed by atoms with E-state index in [-0.39, 0.29) is 11.8 Å². The van der Waals surface area contributed by atoms with Gasteiger partial charge in [-0.25, -0.2) is 0 Å². The van der Waals surface area contributed by atoms with Gasteiger partial charge >= 0.3 is 0 Å². The summed E-state index contributed by atoms with van der Waals surface area (Å²) >= 11 is 0. The topological polar surface area (TPSA) is 46.3 Å². The first-order chi connectivity index (χ1) is 8.93. The molecule has 0 fully saturated rings. The highest BCUT2D eigenvalue weighted by Gasteiger charge is 2.21. The first-order valence-corrected chi connectivity index (χ1v) is 6.94. The summed E-state index contributed by atoms with van der Waals surface area (Å²) in [4.78, 5) is 14.1. The number of hydrogen-bond donors (Lipinski definition) is 1. The number of amides is 1. The quantitative estimate of drug-likeness (QED) is 0.856. The van der Waals surface area contributed by atoms with Gasteiger partial charge in [0.1, 0.15) is 0 Å². The van der Waals surface area contributed by atoms with Crippen molar-refractivity contribution in [2.24, 2.45) is 17.6 Å². The molecule has 0 aliphatic carbocycles. The lowest BCUT2D eigenvalue weighted by molar-refractivity contribution is -0.134. The van der Waals surface area contributed by atoms with Crippen molar-refractivity contribution in [3.8, 4) is 0 Å². The summed E-state index contributed by atoms with van der Waals surface area (Å²) < 4.78 is 0. The summed E-state index contributed by atoms with van der Waals surface area (Å²) in [5, 5.41) is 0. The highest BCUT2D eigenvalue weighted by Crippen LogP contribution is 2.15. The first kappa shape index (κ1) is 15.7. The third kappa shape index (κ3) is 5.03. The van der Waals surface area contributed by atoms with Crippen molar-refractivity contribution in [2.75, 3.05) is 13.6 Å². The van der Waals surface area contributed by atoms with Crippen molar-refractivity contribution in [1.82, 2.24) is 4.90 Å². The zero-order valence-corrected chi connectivity index (χ0v) is 12.5. The Balaban J connectivity index is 2.63. The minimum atomic E-state index is -0.0598. The Morgan fingerprint density at radius 3 is 2.32 bits per heavy atom. The Hall–Kier alpha value is -1.35. The van der Waals surface area contributed by atoms with E-state index >= 15 is 0 Å². The summed E-state index contributed by atoms with van der Waals surface area (Å²) in [5.41, 5.74) is 8.11. The molecular formula is C16H26N2O. The van der Waals surface area contributed by atoms with E-state index in [0.717, 1.165) is 12.0 Å². The number of carbonyl (C=O) groups excluding carboxylic acids is 1. The van der Waals surface area contributed by atoms with Crippen LogP contribution in [0, 0.1) is 18.8 Å². The maximum atomic E-state index is 12.3. The second kappa shape index (κ2) is 7.29. The molecule has 0 radical (unpaired) electrons. The fraction of sp³-hybridized carbons (Fsp3) is 0.562. The number of benzene rings is 1. The van der Waals surface area contributed by atoms with Crippen LogP contribution in [-0.2, 0) is 11.3 Å². The van der Waals surface area contributed by atoms with Crippen molar-refractivity contribution in [3.63, 3.8) is 0 Å². The molecule has 1 unspecified atom stereocenters. The van der Waals surface area contributed by atoms with Crippen LogP contribution in [0.4, 0.5) is 0 Å². The highest BCUT2D eigenvalue weighted by molar-refractivity contribution is 5.78. The van der Waals surface area contributed by atoms with E-state index in [0.29, 0.717) is 19.0 Å². The molecule has 0 bridgehead atoms. The number of aryl methyl sites for hydroxylation is 1. The van der Waals surface area contributed by atoms with Gasteiger partial charge in [-0.05, 0) is 24.8 Å². The van der Waals surface area contributed by atoms with Crippen molar-refractivity contribution in [3.05, 3.63) is 35.4 Å². The minimum absolute atomic E-state index is 0.0598. The molecule has 19 heavy (non-hydrogen) atoms.